The maximum absolute atomic E-state index is 14.7. The first kappa shape index (κ1) is 28.1. The molecule has 2 aromatic rings. The average Bonchev–Trinajstić information content (AvgIpc) is 3.38. The zero-order valence-corrected chi connectivity index (χ0v) is 22.3. The van der Waals surface area contributed by atoms with Crippen LogP contribution in [-0.4, -0.2) is 35.9 Å². The van der Waals surface area contributed by atoms with Gasteiger partial charge in [-0.3, -0.25) is 20.0 Å². The van der Waals surface area contributed by atoms with Gasteiger partial charge < -0.3 is 5.32 Å². The highest BCUT2D eigenvalue weighted by atomic mass is 31.1. The van der Waals surface area contributed by atoms with Crippen molar-refractivity contribution in [2.24, 2.45) is 4.99 Å². The first-order valence-electron chi connectivity index (χ1n) is 12.5. The highest BCUT2D eigenvalue weighted by Gasteiger charge is 2.34. The summed E-state index contributed by atoms with van der Waals surface area (Å²) in [5.41, 5.74) is 0.666. The first-order valence-corrected chi connectivity index (χ1v) is 13.6. The van der Waals surface area contributed by atoms with Gasteiger partial charge in [0.15, 0.2) is 0 Å². The second-order valence-corrected chi connectivity index (χ2v) is 11.0. The van der Waals surface area contributed by atoms with Gasteiger partial charge >= 0.3 is 6.18 Å². The minimum atomic E-state index is -4.59. The molecule has 0 aliphatic carbocycles. The topological polar surface area (TPSA) is 56.7 Å². The third-order valence-corrected chi connectivity index (χ3v) is 7.93. The van der Waals surface area contributed by atoms with E-state index in [-0.39, 0.29) is 29.1 Å². The summed E-state index contributed by atoms with van der Waals surface area (Å²) in [7, 11) is 0.346. The Hall–Kier alpha value is -2.87. The Morgan fingerprint density at radius 2 is 1.97 bits per heavy atom. The van der Waals surface area contributed by atoms with E-state index in [4.69, 9.17) is 0 Å². The standard InChI is InChI=1S/C28H31F4N4OP/c1-4-25-18(3)38-26(15-33-25)34-17(2)22-14-21(9-10-24(22)29)35-27(37)19-7-8-20(16-36-11-5-6-12-36)23(13-19)28(30,31)32/h4,7-10,13-15,17,26,34,38H,3,5-6,11-12,16H2,1-2H3,(H,35,37)/b25-4+. The van der Waals surface area contributed by atoms with Crippen molar-refractivity contribution < 1.29 is 22.4 Å². The van der Waals surface area contributed by atoms with Crippen LogP contribution >= 0.6 is 8.58 Å². The van der Waals surface area contributed by atoms with Crippen molar-refractivity contribution >= 4 is 26.4 Å². The predicted octanol–water partition coefficient (Wildman–Crippen LogP) is 6.85. The van der Waals surface area contributed by atoms with Gasteiger partial charge in [0.25, 0.3) is 5.91 Å². The molecular formula is C28H31F4N4OP. The number of carbonyl (C=O) groups is 1. The number of halogens is 4. The van der Waals surface area contributed by atoms with Crippen LogP contribution in [0.1, 0.15) is 59.8 Å². The van der Waals surface area contributed by atoms with Gasteiger partial charge in [0.05, 0.1) is 17.0 Å². The number of benzene rings is 2. The van der Waals surface area contributed by atoms with E-state index in [0.29, 0.717) is 14.1 Å². The second-order valence-electron chi connectivity index (χ2n) is 9.48. The lowest BCUT2D eigenvalue weighted by Gasteiger charge is -2.25. The van der Waals surface area contributed by atoms with Crippen molar-refractivity contribution in [2.45, 2.75) is 51.2 Å². The molecule has 2 aliphatic heterocycles. The van der Waals surface area contributed by atoms with E-state index in [1.807, 2.05) is 17.9 Å². The minimum absolute atomic E-state index is 0.112. The van der Waals surface area contributed by atoms with E-state index in [9.17, 15) is 22.4 Å². The van der Waals surface area contributed by atoms with E-state index in [0.717, 1.165) is 43.0 Å². The molecule has 0 radical (unpaired) electrons. The van der Waals surface area contributed by atoms with Crippen LogP contribution in [-0.2, 0) is 12.7 Å². The summed E-state index contributed by atoms with van der Waals surface area (Å²) in [6.45, 7) is 9.44. The van der Waals surface area contributed by atoms with Crippen LogP contribution in [0.15, 0.2) is 65.1 Å². The zero-order chi connectivity index (χ0) is 27.4. The van der Waals surface area contributed by atoms with Crippen LogP contribution in [0.3, 0.4) is 0 Å². The van der Waals surface area contributed by atoms with Gasteiger partial charge in [0, 0.05) is 35.6 Å². The number of nitrogens with one attached hydrogen (secondary N) is 2. The number of hydrogen-bond donors (Lipinski definition) is 2. The molecule has 2 N–H and O–H groups in total. The van der Waals surface area contributed by atoms with E-state index in [1.54, 1.807) is 13.1 Å². The van der Waals surface area contributed by atoms with E-state index in [2.05, 4.69) is 22.2 Å². The second kappa shape index (κ2) is 11.9. The fraction of sp³-hybridized carbons (Fsp3) is 0.357. The average molecular weight is 547 g/mol. The van der Waals surface area contributed by atoms with E-state index >= 15 is 0 Å². The number of anilines is 1. The van der Waals surface area contributed by atoms with Gasteiger partial charge in [-0.25, -0.2) is 4.39 Å². The van der Waals surface area contributed by atoms with Crippen molar-refractivity contribution in [2.75, 3.05) is 18.4 Å². The molecule has 2 aliphatic rings. The number of likely N-dealkylation sites (tertiary alicyclic amines) is 1. The summed E-state index contributed by atoms with van der Waals surface area (Å²) in [5, 5.41) is 6.84. The molecular weight excluding hydrogens is 515 g/mol. The highest BCUT2D eigenvalue weighted by Crippen LogP contribution is 2.37. The van der Waals surface area contributed by atoms with Gasteiger partial charge in [-0.1, -0.05) is 27.3 Å². The third-order valence-electron chi connectivity index (χ3n) is 6.70. The minimum Gasteiger partial charge on any atom is -0.322 e. The number of nitrogens with zero attached hydrogens (tertiary/aromatic N) is 2. The van der Waals surface area contributed by atoms with E-state index < -0.39 is 29.5 Å². The number of allylic oxidation sites excluding steroid dienone is 2. The van der Waals surface area contributed by atoms with Crippen LogP contribution in [0, 0.1) is 5.82 Å². The van der Waals surface area contributed by atoms with Crippen molar-refractivity contribution in [3.8, 4) is 0 Å². The molecule has 0 spiro atoms. The fourth-order valence-corrected chi connectivity index (χ4v) is 5.90. The molecule has 202 valence electrons. The summed E-state index contributed by atoms with van der Waals surface area (Å²) >= 11 is 0. The summed E-state index contributed by atoms with van der Waals surface area (Å²) < 4.78 is 56.1. The number of hydrogen-bond acceptors (Lipinski definition) is 4. The van der Waals surface area contributed by atoms with Crippen LogP contribution in [0.5, 0.6) is 0 Å². The molecule has 38 heavy (non-hydrogen) atoms. The molecule has 1 amide bonds. The normalized spacial score (nSPS) is 20.8. The van der Waals surface area contributed by atoms with Gasteiger partial charge in [-0.2, -0.15) is 13.2 Å². The Labute approximate surface area is 221 Å². The molecule has 3 unspecified atom stereocenters. The SMILES string of the molecule is C=C1PC(NC(C)c2cc(NC(=O)c3ccc(CN4CCCC4)c(C(F)(F)F)c3)ccc2F)C=N/C1=C/C. The molecule has 2 aromatic carbocycles. The first-order chi connectivity index (χ1) is 18.0. The van der Waals surface area contributed by atoms with Crippen LogP contribution in [0.25, 0.3) is 0 Å². The lowest BCUT2D eigenvalue weighted by atomic mass is 10.0. The maximum Gasteiger partial charge on any atom is 0.416 e. The number of amides is 1. The van der Waals surface area contributed by atoms with Crippen molar-refractivity contribution in [3.05, 3.63) is 88.1 Å². The molecule has 0 aromatic heterocycles. The van der Waals surface area contributed by atoms with E-state index in [1.165, 1.54) is 30.3 Å². The summed E-state index contributed by atoms with van der Waals surface area (Å²) in [6.07, 6.45) is 1.01. The maximum atomic E-state index is 14.7. The van der Waals surface area contributed by atoms with Gasteiger partial charge in [0.2, 0.25) is 0 Å². The molecule has 2 heterocycles. The molecule has 0 bridgehead atoms. The summed E-state index contributed by atoms with van der Waals surface area (Å²) in [4.78, 5) is 19.3. The van der Waals surface area contributed by atoms with Crippen molar-refractivity contribution in [1.29, 1.82) is 0 Å². The summed E-state index contributed by atoms with van der Waals surface area (Å²) in [5.74, 6) is -1.27. The van der Waals surface area contributed by atoms with Crippen LogP contribution in [0.4, 0.5) is 23.2 Å². The van der Waals surface area contributed by atoms with Crippen LogP contribution in [0.2, 0.25) is 0 Å². The molecule has 10 heteroatoms. The summed E-state index contributed by atoms with van der Waals surface area (Å²) in [6, 6.07) is 7.36. The molecule has 3 atom stereocenters. The zero-order valence-electron chi connectivity index (χ0n) is 21.3. The predicted molar refractivity (Wildman–Crippen MR) is 145 cm³/mol. The highest BCUT2D eigenvalue weighted by molar-refractivity contribution is 7.45. The lowest BCUT2D eigenvalue weighted by Crippen LogP contribution is -2.31. The van der Waals surface area contributed by atoms with Gasteiger partial charge in [0.1, 0.15) is 5.82 Å². The van der Waals surface area contributed by atoms with Crippen LogP contribution < -0.4 is 10.6 Å². The van der Waals surface area contributed by atoms with Crippen molar-refractivity contribution in [1.82, 2.24) is 10.2 Å². The Morgan fingerprint density at radius 1 is 1.24 bits per heavy atom. The van der Waals surface area contributed by atoms with Crippen molar-refractivity contribution in [3.63, 3.8) is 0 Å². The fourth-order valence-electron chi connectivity index (χ4n) is 4.68. The van der Waals surface area contributed by atoms with Gasteiger partial charge in [-0.05, 0) is 81.0 Å². The molecule has 4 rings (SSSR count). The van der Waals surface area contributed by atoms with Gasteiger partial charge in [-0.15, -0.1) is 0 Å². The number of carbonyl (C=O) groups excluding carboxylic acids is 1. The smallest absolute Gasteiger partial charge is 0.322 e. The molecule has 5 nitrogen and oxygen atoms in total. The molecule has 1 fully saturated rings. The number of aliphatic imine (C=N–C) groups is 1. The Bertz CT molecular complexity index is 1270. The Kier molecular flexibility index (Phi) is 8.81. The Morgan fingerprint density at radius 3 is 2.63 bits per heavy atom. The quantitative estimate of drug-likeness (QED) is 0.295. The monoisotopic (exact) mass is 546 g/mol. The largest absolute Gasteiger partial charge is 0.416 e. The molecule has 1 saturated heterocycles. The Balaban J connectivity index is 1.49. The third kappa shape index (κ3) is 6.76. The number of rotatable bonds is 7. The molecule has 0 saturated carbocycles. The lowest BCUT2D eigenvalue weighted by molar-refractivity contribution is -0.138. The number of alkyl halides is 3.